The molecule has 1 unspecified atom stereocenters. The maximum atomic E-state index is 11.4. The van der Waals surface area contributed by atoms with E-state index in [0.29, 0.717) is 12.4 Å². The van der Waals surface area contributed by atoms with Crippen molar-refractivity contribution in [1.29, 1.82) is 0 Å². The van der Waals surface area contributed by atoms with E-state index in [-0.39, 0.29) is 23.3 Å². The molecule has 94 valence electrons. The van der Waals surface area contributed by atoms with Gasteiger partial charge in [-0.15, -0.1) is 0 Å². The van der Waals surface area contributed by atoms with Gasteiger partial charge in [0.05, 0.1) is 11.5 Å². The first-order chi connectivity index (χ1) is 7.89. The molecule has 17 heavy (non-hydrogen) atoms. The molecule has 0 aliphatic carbocycles. The van der Waals surface area contributed by atoms with Crippen molar-refractivity contribution in [2.45, 2.75) is 13.0 Å². The molecule has 2 heterocycles. The van der Waals surface area contributed by atoms with Crippen molar-refractivity contribution in [2.24, 2.45) is 0 Å². The van der Waals surface area contributed by atoms with Crippen LogP contribution in [-0.2, 0) is 9.84 Å². The normalized spacial score (nSPS) is 23.6. The summed E-state index contributed by atoms with van der Waals surface area (Å²) in [4.78, 5) is 12.4. The van der Waals surface area contributed by atoms with Crippen molar-refractivity contribution >= 4 is 21.7 Å². The Morgan fingerprint density at radius 2 is 2.24 bits per heavy atom. The van der Waals surface area contributed by atoms with E-state index in [9.17, 15) is 13.2 Å². The zero-order chi connectivity index (χ0) is 12.6. The van der Waals surface area contributed by atoms with Crippen LogP contribution in [0.1, 0.15) is 17.5 Å². The number of hydrogen-bond donors (Lipinski definition) is 1. The third-order valence-electron chi connectivity index (χ3n) is 2.76. The highest BCUT2D eigenvalue weighted by Gasteiger charge is 2.30. The van der Waals surface area contributed by atoms with Gasteiger partial charge in [-0.25, -0.2) is 13.2 Å². The van der Waals surface area contributed by atoms with E-state index >= 15 is 0 Å². The Bertz CT molecular complexity index is 533. The molecular weight excluding hydrogens is 246 g/mol. The Kier molecular flexibility index (Phi) is 2.86. The zero-order valence-corrected chi connectivity index (χ0v) is 10.1. The smallest absolute Gasteiger partial charge is 0.371 e. The summed E-state index contributed by atoms with van der Waals surface area (Å²) >= 11 is 0. The van der Waals surface area contributed by atoms with Crippen LogP contribution < -0.4 is 4.90 Å². The average molecular weight is 259 g/mol. The van der Waals surface area contributed by atoms with E-state index in [2.05, 4.69) is 0 Å². The van der Waals surface area contributed by atoms with Gasteiger partial charge in [-0.1, -0.05) is 0 Å². The molecule has 0 amide bonds. The lowest BCUT2D eigenvalue weighted by Crippen LogP contribution is -2.46. The van der Waals surface area contributed by atoms with Crippen LogP contribution in [0.5, 0.6) is 0 Å². The minimum atomic E-state index is -2.98. The third-order valence-corrected chi connectivity index (χ3v) is 4.55. The van der Waals surface area contributed by atoms with Crippen molar-refractivity contribution in [1.82, 2.24) is 0 Å². The van der Waals surface area contributed by atoms with Crippen LogP contribution in [-0.4, -0.2) is 43.6 Å². The van der Waals surface area contributed by atoms with Crippen molar-refractivity contribution in [2.75, 3.05) is 23.0 Å². The fourth-order valence-electron chi connectivity index (χ4n) is 1.92. The van der Waals surface area contributed by atoms with Gasteiger partial charge in [-0.3, -0.25) is 0 Å². The molecule has 1 saturated heterocycles. The standard InChI is InChI=1S/C10H13NO5S/c1-7-6-17(14,15)5-4-11(7)9-3-2-8(16-9)10(12)13/h2-3,7H,4-6H2,1H3,(H,12,13). The molecule has 0 spiro atoms. The molecule has 0 bridgehead atoms. The highest BCUT2D eigenvalue weighted by atomic mass is 32.2. The molecule has 1 fully saturated rings. The molecule has 6 nitrogen and oxygen atoms in total. The molecule has 1 aromatic heterocycles. The molecule has 7 heteroatoms. The van der Waals surface area contributed by atoms with Crippen LogP contribution in [0.2, 0.25) is 0 Å². The molecule has 0 aromatic carbocycles. The zero-order valence-electron chi connectivity index (χ0n) is 9.29. The van der Waals surface area contributed by atoms with Crippen molar-refractivity contribution in [3.05, 3.63) is 17.9 Å². The van der Waals surface area contributed by atoms with Gasteiger partial charge < -0.3 is 14.4 Å². The number of furan rings is 1. The lowest BCUT2D eigenvalue weighted by Gasteiger charge is -2.32. The molecule has 0 radical (unpaired) electrons. The molecule has 2 rings (SSSR count). The first-order valence-electron chi connectivity index (χ1n) is 5.19. The summed E-state index contributed by atoms with van der Waals surface area (Å²) in [7, 11) is -2.98. The Hall–Kier alpha value is -1.50. The summed E-state index contributed by atoms with van der Waals surface area (Å²) in [6, 6.07) is 2.72. The van der Waals surface area contributed by atoms with Gasteiger partial charge in [0.25, 0.3) is 0 Å². The molecule has 0 saturated carbocycles. The molecular formula is C10H13NO5S. The average Bonchev–Trinajstić information content (AvgIpc) is 2.65. The second-order valence-corrected chi connectivity index (χ2v) is 6.33. The number of carboxylic acids is 1. The number of hydrogen-bond acceptors (Lipinski definition) is 5. The molecule has 1 atom stereocenters. The Balaban J connectivity index is 2.20. The number of nitrogens with zero attached hydrogens (tertiary/aromatic N) is 1. The van der Waals surface area contributed by atoms with Crippen molar-refractivity contribution in [3.63, 3.8) is 0 Å². The maximum Gasteiger partial charge on any atom is 0.371 e. The summed E-state index contributed by atoms with van der Waals surface area (Å²) in [5.74, 6) is -0.727. The van der Waals surface area contributed by atoms with Gasteiger partial charge in [0, 0.05) is 18.7 Å². The van der Waals surface area contributed by atoms with E-state index in [4.69, 9.17) is 9.52 Å². The first kappa shape index (κ1) is 12.0. The van der Waals surface area contributed by atoms with E-state index in [0.717, 1.165) is 0 Å². The predicted octanol–water partition coefficient (Wildman–Crippen LogP) is 0.601. The van der Waals surface area contributed by atoms with Gasteiger partial charge in [0.15, 0.2) is 15.7 Å². The van der Waals surface area contributed by atoms with Crippen molar-refractivity contribution < 1.29 is 22.7 Å². The van der Waals surface area contributed by atoms with Crippen LogP contribution >= 0.6 is 0 Å². The highest BCUT2D eigenvalue weighted by molar-refractivity contribution is 7.91. The summed E-state index contributed by atoms with van der Waals surface area (Å²) in [6.45, 7) is 2.11. The topological polar surface area (TPSA) is 87.8 Å². The minimum absolute atomic E-state index is 0.0656. The van der Waals surface area contributed by atoms with E-state index in [1.807, 2.05) is 0 Å². The van der Waals surface area contributed by atoms with Crippen LogP contribution in [0, 0.1) is 0 Å². The van der Waals surface area contributed by atoms with Gasteiger partial charge in [0.1, 0.15) is 0 Å². The van der Waals surface area contributed by atoms with E-state index in [1.54, 1.807) is 17.9 Å². The second-order valence-electron chi connectivity index (χ2n) is 4.10. The molecule has 1 aliphatic rings. The third kappa shape index (κ3) is 2.44. The number of sulfone groups is 1. The Morgan fingerprint density at radius 1 is 1.53 bits per heavy atom. The fourth-order valence-corrected chi connectivity index (χ4v) is 3.48. The van der Waals surface area contributed by atoms with Crippen molar-refractivity contribution in [3.8, 4) is 0 Å². The molecule has 1 N–H and O–H groups in total. The summed E-state index contributed by atoms with van der Waals surface area (Å²) in [5.41, 5.74) is 0. The quantitative estimate of drug-likeness (QED) is 0.836. The van der Waals surface area contributed by atoms with E-state index < -0.39 is 15.8 Å². The Morgan fingerprint density at radius 3 is 2.76 bits per heavy atom. The largest absolute Gasteiger partial charge is 0.475 e. The minimum Gasteiger partial charge on any atom is -0.475 e. The monoisotopic (exact) mass is 259 g/mol. The number of carboxylic acid groups (broad SMARTS) is 1. The summed E-state index contributed by atoms with van der Waals surface area (Å²) in [6.07, 6.45) is 0. The number of carbonyl (C=O) groups is 1. The predicted molar refractivity (Wildman–Crippen MR) is 61.1 cm³/mol. The maximum absolute atomic E-state index is 11.4. The SMILES string of the molecule is CC1CS(=O)(=O)CCN1c1ccc(C(=O)O)o1. The summed E-state index contributed by atoms with van der Waals surface area (Å²) in [5, 5.41) is 8.74. The van der Waals surface area contributed by atoms with Crippen LogP contribution in [0.4, 0.5) is 5.88 Å². The van der Waals surface area contributed by atoms with Crippen LogP contribution in [0.3, 0.4) is 0 Å². The lowest BCUT2D eigenvalue weighted by atomic mass is 10.3. The van der Waals surface area contributed by atoms with Gasteiger partial charge in [-0.05, 0) is 13.0 Å². The second kappa shape index (κ2) is 4.06. The van der Waals surface area contributed by atoms with E-state index in [1.165, 1.54) is 6.07 Å². The number of anilines is 1. The van der Waals surface area contributed by atoms with Crippen LogP contribution in [0.25, 0.3) is 0 Å². The van der Waals surface area contributed by atoms with Crippen LogP contribution in [0.15, 0.2) is 16.5 Å². The lowest BCUT2D eigenvalue weighted by molar-refractivity contribution is 0.0663. The fraction of sp³-hybridized carbons (Fsp3) is 0.500. The highest BCUT2D eigenvalue weighted by Crippen LogP contribution is 2.24. The summed E-state index contributed by atoms with van der Waals surface area (Å²) < 4.78 is 28.0. The Labute approximate surface area is 98.8 Å². The van der Waals surface area contributed by atoms with Gasteiger partial charge in [0.2, 0.25) is 5.76 Å². The number of aromatic carboxylic acids is 1. The number of rotatable bonds is 2. The van der Waals surface area contributed by atoms with Gasteiger partial charge >= 0.3 is 5.97 Å². The first-order valence-corrected chi connectivity index (χ1v) is 7.01. The molecule has 1 aliphatic heterocycles. The van der Waals surface area contributed by atoms with Gasteiger partial charge in [-0.2, -0.15) is 0 Å². The molecule has 1 aromatic rings.